The van der Waals surface area contributed by atoms with Crippen molar-refractivity contribution < 1.29 is 9.90 Å². The van der Waals surface area contributed by atoms with E-state index in [1.54, 1.807) is 11.3 Å². The maximum atomic E-state index is 12.6. The van der Waals surface area contributed by atoms with E-state index in [1.807, 2.05) is 48.4 Å². The fourth-order valence-corrected chi connectivity index (χ4v) is 3.96. The zero-order valence-corrected chi connectivity index (χ0v) is 14.4. The number of benzene rings is 1. The molecule has 2 aromatic rings. The van der Waals surface area contributed by atoms with Crippen molar-refractivity contribution in [1.29, 1.82) is 0 Å². The number of carbonyl (C=O) groups excluding carboxylic acids is 1. The second-order valence-corrected chi connectivity index (χ2v) is 7.33. The summed E-state index contributed by atoms with van der Waals surface area (Å²) >= 11 is 1.60. The van der Waals surface area contributed by atoms with Gasteiger partial charge >= 0.3 is 0 Å². The van der Waals surface area contributed by atoms with Gasteiger partial charge in [0, 0.05) is 36.1 Å². The third kappa shape index (κ3) is 3.62. The number of aliphatic hydroxyl groups is 1. The van der Waals surface area contributed by atoms with Crippen molar-refractivity contribution >= 4 is 17.2 Å². The number of likely N-dealkylation sites (tertiary alicyclic amines) is 1. The van der Waals surface area contributed by atoms with Crippen LogP contribution in [0.15, 0.2) is 29.6 Å². The van der Waals surface area contributed by atoms with Crippen molar-refractivity contribution in [3.63, 3.8) is 0 Å². The smallest absolute Gasteiger partial charge is 0.254 e. The van der Waals surface area contributed by atoms with E-state index in [9.17, 15) is 9.90 Å². The molecule has 0 bridgehead atoms. The normalized spacial score (nSPS) is 17.3. The SMILES string of the molecule is Cc1csc(CC2(O)CCN(C(=O)c3ccccc3C)CC2)n1. The molecule has 4 nitrogen and oxygen atoms in total. The number of nitrogens with zero attached hydrogens (tertiary/aromatic N) is 2. The van der Waals surface area contributed by atoms with Crippen LogP contribution in [0.3, 0.4) is 0 Å². The van der Waals surface area contributed by atoms with E-state index in [-0.39, 0.29) is 5.91 Å². The molecule has 1 saturated heterocycles. The van der Waals surface area contributed by atoms with E-state index in [0.29, 0.717) is 32.4 Å². The molecule has 0 radical (unpaired) electrons. The van der Waals surface area contributed by atoms with Gasteiger partial charge in [0.1, 0.15) is 0 Å². The fraction of sp³-hybridized carbons (Fsp3) is 0.444. The van der Waals surface area contributed by atoms with Crippen molar-refractivity contribution in [2.45, 2.75) is 38.7 Å². The van der Waals surface area contributed by atoms with E-state index in [1.165, 1.54) is 0 Å². The Hall–Kier alpha value is -1.72. The Morgan fingerprint density at radius 1 is 1.30 bits per heavy atom. The number of amides is 1. The minimum atomic E-state index is -0.743. The van der Waals surface area contributed by atoms with Gasteiger partial charge in [0.25, 0.3) is 5.91 Å². The monoisotopic (exact) mass is 330 g/mol. The molecule has 122 valence electrons. The number of thiazole rings is 1. The molecule has 23 heavy (non-hydrogen) atoms. The van der Waals surface area contributed by atoms with Crippen LogP contribution in [0.4, 0.5) is 0 Å². The lowest BCUT2D eigenvalue weighted by Gasteiger charge is -2.38. The van der Waals surface area contributed by atoms with Gasteiger partial charge < -0.3 is 10.0 Å². The number of aryl methyl sites for hydroxylation is 2. The molecule has 0 unspecified atom stereocenters. The highest BCUT2D eigenvalue weighted by Crippen LogP contribution is 2.28. The zero-order chi connectivity index (χ0) is 16.4. The largest absolute Gasteiger partial charge is 0.389 e. The Kier molecular flexibility index (Phi) is 4.50. The first-order chi connectivity index (χ1) is 11.0. The Morgan fingerprint density at radius 3 is 2.61 bits per heavy atom. The second kappa shape index (κ2) is 6.42. The molecular weight excluding hydrogens is 308 g/mol. The summed E-state index contributed by atoms with van der Waals surface area (Å²) in [5, 5.41) is 13.8. The molecule has 5 heteroatoms. The van der Waals surface area contributed by atoms with Gasteiger partial charge in [-0.3, -0.25) is 4.79 Å². The first kappa shape index (κ1) is 16.1. The maximum Gasteiger partial charge on any atom is 0.254 e. The van der Waals surface area contributed by atoms with Crippen LogP contribution in [0.25, 0.3) is 0 Å². The highest BCUT2D eigenvalue weighted by molar-refractivity contribution is 7.09. The van der Waals surface area contributed by atoms with Crippen molar-refractivity contribution in [2.24, 2.45) is 0 Å². The first-order valence-electron chi connectivity index (χ1n) is 7.95. The standard InChI is InChI=1S/C18H22N2O2S/c1-13-5-3-4-6-15(13)17(21)20-9-7-18(22,8-10-20)11-16-19-14(2)12-23-16/h3-6,12,22H,7-11H2,1-2H3. The van der Waals surface area contributed by atoms with Crippen molar-refractivity contribution in [3.05, 3.63) is 51.5 Å². The second-order valence-electron chi connectivity index (χ2n) is 6.39. The van der Waals surface area contributed by atoms with Gasteiger partial charge in [0.15, 0.2) is 0 Å². The third-order valence-corrected chi connectivity index (χ3v) is 5.47. The van der Waals surface area contributed by atoms with Crippen LogP contribution < -0.4 is 0 Å². The molecule has 2 heterocycles. The summed E-state index contributed by atoms with van der Waals surface area (Å²) < 4.78 is 0. The molecule has 1 fully saturated rings. The highest BCUT2D eigenvalue weighted by Gasteiger charge is 2.35. The van der Waals surface area contributed by atoms with Gasteiger partial charge in [-0.15, -0.1) is 11.3 Å². The predicted molar refractivity (Wildman–Crippen MR) is 91.8 cm³/mol. The van der Waals surface area contributed by atoms with E-state index >= 15 is 0 Å². The zero-order valence-electron chi connectivity index (χ0n) is 13.6. The number of rotatable bonds is 3. The number of carbonyl (C=O) groups is 1. The van der Waals surface area contributed by atoms with Crippen LogP contribution in [0.5, 0.6) is 0 Å². The predicted octanol–water partition coefficient (Wildman–Crippen LogP) is 2.97. The average molecular weight is 330 g/mol. The maximum absolute atomic E-state index is 12.6. The van der Waals surface area contributed by atoms with E-state index < -0.39 is 5.60 Å². The van der Waals surface area contributed by atoms with Crippen LogP contribution in [-0.4, -0.2) is 39.6 Å². The summed E-state index contributed by atoms with van der Waals surface area (Å²) in [5.41, 5.74) is 2.01. The lowest BCUT2D eigenvalue weighted by atomic mass is 9.88. The van der Waals surface area contributed by atoms with Crippen LogP contribution in [0.1, 0.15) is 39.5 Å². The summed E-state index contributed by atoms with van der Waals surface area (Å²) in [4.78, 5) is 18.9. The van der Waals surface area contributed by atoms with Gasteiger partial charge in [0.2, 0.25) is 0 Å². The van der Waals surface area contributed by atoms with Gasteiger partial charge in [-0.25, -0.2) is 4.98 Å². The molecule has 1 N–H and O–H groups in total. The minimum Gasteiger partial charge on any atom is -0.389 e. The Bertz CT molecular complexity index is 703. The lowest BCUT2D eigenvalue weighted by Crippen LogP contribution is -2.47. The van der Waals surface area contributed by atoms with Crippen LogP contribution in [0, 0.1) is 13.8 Å². The number of hydrogen-bond donors (Lipinski definition) is 1. The molecule has 1 aliphatic rings. The average Bonchev–Trinajstić information content (AvgIpc) is 2.92. The Balaban J connectivity index is 1.64. The first-order valence-corrected chi connectivity index (χ1v) is 8.83. The van der Waals surface area contributed by atoms with Gasteiger partial charge in [-0.05, 0) is 38.3 Å². The Morgan fingerprint density at radius 2 is 2.00 bits per heavy atom. The number of aromatic nitrogens is 1. The van der Waals surface area contributed by atoms with Gasteiger partial charge in [0.05, 0.1) is 10.6 Å². The molecule has 0 atom stereocenters. The summed E-state index contributed by atoms with van der Waals surface area (Å²) in [6.07, 6.45) is 1.78. The summed E-state index contributed by atoms with van der Waals surface area (Å²) in [6, 6.07) is 7.66. The third-order valence-electron chi connectivity index (χ3n) is 4.50. The topological polar surface area (TPSA) is 53.4 Å². The lowest BCUT2D eigenvalue weighted by molar-refractivity contribution is -0.0162. The summed E-state index contributed by atoms with van der Waals surface area (Å²) in [6.45, 7) is 5.11. The molecular formula is C18H22N2O2S. The van der Waals surface area contributed by atoms with Crippen molar-refractivity contribution in [1.82, 2.24) is 9.88 Å². The molecule has 3 rings (SSSR count). The molecule has 0 aliphatic carbocycles. The van der Waals surface area contributed by atoms with Gasteiger partial charge in [-0.1, -0.05) is 18.2 Å². The van der Waals surface area contributed by atoms with E-state index in [4.69, 9.17) is 0 Å². The van der Waals surface area contributed by atoms with E-state index in [2.05, 4.69) is 4.98 Å². The molecule has 1 amide bonds. The van der Waals surface area contributed by atoms with Crippen LogP contribution in [0.2, 0.25) is 0 Å². The van der Waals surface area contributed by atoms with E-state index in [0.717, 1.165) is 21.8 Å². The molecule has 0 spiro atoms. The summed E-state index contributed by atoms with van der Waals surface area (Å²) in [5.74, 6) is 0.0650. The number of hydrogen-bond acceptors (Lipinski definition) is 4. The molecule has 1 aromatic heterocycles. The Labute approximate surface area is 140 Å². The molecule has 1 aliphatic heterocycles. The van der Waals surface area contributed by atoms with Gasteiger partial charge in [-0.2, -0.15) is 0 Å². The molecule has 0 saturated carbocycles. The fourth-order valence-electron chi connectivity index (χ4n) is 3.05. The summed E-state index contributed by atoms with van der Waals surface area (Å²) in [7, 11) is 0. The van der Waals surface area contributed by atoms with Crippen LogP contribution >= 0.6 is 11.3 Å². The quantitative estimate of drug-likeness (QED) is 0.941. The minimum absolute atomic E-state index is 0.0650. The van der Waals surface area contributed by atoms with Crippen LogP contribution in [-0.2, 0) is 6.42 Å². The van der Waals surface area contributed by atoms with Crippen molar-refractivity contribution in [2.75, 3.05) is 13.1 Å². The number of piperidine rings is 1. The molecule has 1 aromatic carbocycles. The van der Waals surface area contributed by atoms with Crippen molar-refractivity contribution in [3.8, 4) is 0 Å². The highest BCUT2D eigenvalue weighted by atomic mass is 32.1.